The Balaban J connectivity index is -0.0000000807. The molecule has 0 atom stereocenters. The maximum Gasteiger partial charge on any atom is 0.319 e. The molecule has 0 unspecified atom stereocenters. The van der Waals surface area contributed by atoms with Crippen molar-refractivity contribution in [3.8, 4) is 0 Å². The minimum atomic E-state index is -3.81. The van der Waals surface area contributed by atoms with E-state index in [0.29, 0.717) is 0 Å². The second kappa shape index (κ2) is 30.6. The fourth-order valence-corrected chi connectivity index (χ4v) is 1.56. The van der Waals surface area contributed by atoms with E-state index in [9.17, 15) is 0 Å². The average molecular weight is 595 g/mol. The Kier molecular flexibility index (Phi) is 45.2. The molecule has 0 spiro atoms. The average Bonchev–Trinajstić information content (AvgIpc) is 2.46. The third-order valence-electron chi connectivity index (χ3n) is 2.71. The number of hydrogen-bond donors (Lipinski definition) is 6. The molecular weight excluding hydrogens is 555 g/mol. The molecule has 0 aliphatic carbocycles. The third-order valence-corrected chi connectivity index (χ3v) is 2.71. The zero-order valence-corrected chi connectivity index (χ0v) is 24.0. The van der Waals surface area contributed by atoms with E-state index >= 15 is 0 Å². The van der Waals surface area contributed by atoms with Crippen molar-refractivity contribution in [1.29, 1.82) is 0 Å². The molecule has 6 N–H and O–H groups in total. The molecule has 1 radical (unpaired) electrons. The molecule has 11 heteroatoms. The van der Waals surface area contributed by atoms with Crippen molar-refractivity contribution in [2.24, 2.45) is 0 Å². The van der Waals surface area contributed by atoms with Gasteiger partial charge in [-0.05, 0) is 23.6 Å². The van der Waals surface area contributed by atoms with Gasteiger partial charge >= 0.3 is 13.4 Å². The van der Waals surface area contributed by atoms with Gasteiger partial charge in [-0.3, -0.25) is 0 Å². The van der Waals surface area contributed by atoms with Gasteiger partial charge in [0.05, 0.1) is 0 Å². The van der Waals surface area contributed by atoms with Gasteiger partial charge in [-0.2, -0.15) is 12.8 Å². The Bertz CT molecular complexity index is 280. The van der Waals surface area contributed by atoms with Crippen molar-refractivity contribution in [3.63, 3.8) is 0 Å². The smallest absolute Gasteiger partial charge is 0.319 e. The minimum Gasteiger partial charge on any atom is -0.343 e. The van der Waals surface area contributed by atoms with Crippen LogP contribution < -0.4 is 0 Å². The summed E-state index contributed by atoms with van der Waals surface area (Å²) in [6, 6.07) is 0. The Labute approximate surface area is 210 Å². The first kappa shape index (κ1) is 39.9. The molecule has 0 heterocycles. The Hall–Kier alpha value is 2.42. The van der Waals surface area contributed by atoms with Crippen molar-refractivity contribution in [2.75, 3.05) is 0 Å². The molecule has 0 fully saturated rings. The molecule has 0 saturated heterocycles. The largest absolute Gasteiger partial charge is 0.343 e. The van der Waals surface area contributed by atoms with Gasteiger partial charge in [0.1, 0.15) is 0 Å². The standard InChI is InChI=1S/2C8H17.2H3O3PS.Pr/c2*1-3-5-7-8-6-4-2;2*1-4(2,3)5;/h2*1,3-8H2,2H3;2*(H3,1,2,3,5);/q2*-1;;;. The summed E-state index contributed by atoms with van der Waals surface area (Å²) in [4.78, 5) is 45.3. The summed E-state index contributed by atoms with van der Waals surface area (Å²) < 4.78 is 0. The van der Waals surface area contributed by atoms with Gasteiger partial charge in [-0.1, -0.05) is 78.1 Å². The maximum atomic E-state index is 7.56. The second-order valence-corrected chi connectivity index (χ2v) is 10.6. The fourth-order valence-electron chi connectivity index (χ4n) is 1.56. The van der Waals surface area contributed by atoms with E-state index in [0.717, 1.165) is 12.8 Å². The van der Waals surface area contributed by atoms with Crippen molar-refractivity contribution >= 4 is 37.1 Å². The zero-order chi connectivity index (χ0) is 21.5. The van der Waals surface area contributed by atoms with Crippen LogP contribution in [0.3, 0.4) is 0 Å². The van der Waals surface area contributed by atoms with Gasteiger partial charge in [0.2, 0.25) is 0 Å². The molecule has 0 aromatic heterocycles. The SMILES string of the molecule is OP(O)(O)=S.OP(O)(O)=S.[CH2-]CCCCCCC.[CH2-]CCCCCCC.[Pr]. The fraction of sp³-hybridized carbons (Fsp3) is 0.875. The van der Waals surface area contributed by atoms with Crippen LogP contribution in [0.5, 0.6) is 0 Å². The first-order valence-corrected chi connectivity index (χ1v) is 14.3. The van der Waals surface area contributed by atoms with Crippen LogP contribution in [0.15, 0.2) is 0 Å². The molecule has 0 saturated carbocycles. The van der Waals surface area contributed by atoms with Gasteiger partial charge in [0.25, 0.3) is 0 Å². The quantitative estimate of drug-likeness (QED) is 0.122. The molecule has 0 amide bonds. The Morgan fingerprint density at radius 2 is 0.741 bits per heavy atom. The monoisotopic (exact) mass is 595 g/mol. The molecule has 0 aromatic rings. The van der Waals surface area contributed by atoms with Crippen LogP contribution in [0.25, 0.3) is 0 Å². The van der Waals surface area contributed by atoms with Gasteiger partial charge in [0.15, 0.2) is 0 Å². The van der Waals surface area contributed by atoms with Gasteiger partial charge in [-0.25, -0.2) is 0 Å². The molecule has 167 valence electrons. The van der Waals surface area contributed by atoms with Crippen molar-refractivity contribution in [1.82, 2.24) is 0 Å². The molecule has 0 rings (SSSR count). The van der Waals surface area contributed by atoms with Gasteiger partial charge < -0.3 is 43.2 Å². The van der Waals surface area contributed by atoms with Crippen LogP contribution in [-0.4, -0.2) is 29.4 Å². The van der Waals surface area contributed by atoms with Crippen molar-refractivity contribution in [2.45, 2.75) is 90.9 Å². The maximum absolute atomic E-state index is 7.56. The first-order chi connectivity index (χ1) is 11.8. The Morgan fingerprint density at radius 1 is 0.556 bits per heavy atom. The number of rotatable bonds is 10. The summed E-state index contributed by atoms with van der Waals surface area (Å²) in [5, 5.41) is 0. The molecule has 0 bridgehead atoms. The minimum absolute atomic E-state index is 0. The number of hydrogen-bond acceptors (Lipinski definition) is 2. The molecule has 0 aliphatic heterocycles. The van der Waals surface area contributed by atoms with E-state index in [1.807, 2.05) is 0 Å². The van der Waals surface area contributed by atoms with E-state index in [4.69, 9.17) is 29.4 Å². The summed E-state index contributed by atoms with van der Waals surface area (Å²) in [5.41, 5.74) is 0. The molecular formula is C16H40O6P2PrS2-2. The first-order valence-electron chi connectivity index (χ1n) is 8.98. The van der Waals surface area contributed by atoms with Crippen LogP contribution in [0.2, 0.25) is 0 Å². The van der Waals surface area contributed by atoms with E-state index in [1.54, 1.807) is 0 Å². The van der Waals surface area contributed by atoms with Crippen LogP contribution >= 0.6 is 13.4 Å². The van der Waals surface area contributed by atoms with Crippen LogP contribution in [0.4, 0.5) is 0 Å². The van der Waals surface area contributed by atoms with Crippen molar-refractivity contribution < 1.29 is 70.7 Å². The summed E-state index contributed by atoms with van der Waals surface area (Å²) in [6.07, 6.45) is 16.0. The predicted molar refractivity (Wildman–Crippen MR) is 119 cm³/mol. The summed E-state index contributed by atoms with van der Waals surface area (Å²) >= 11 is 7.21. The molecule has 27 heavy (non-hydrogen) atoms. The molecule has 0 aromatic carbocycles. The summed E-state index contributed by atoms with van der Waals surface area (Å²) in [7, 11) is 0. The van der Waals surface area contributed by atoms with E-state index in [2.05, 4.69) is 51.3 Å². The van der Waals surface area contributed by atoms with Crippen molar-refractivity contribution in [3.05, 3.63) is 13.8 Å². The third kappa shape index (κ3) is 129. The molecule has 6 nitrogen and oxygen atoms in total. The normalized spacial score (nSPS) is 10.1. The van der Waals surface area contributed by atoms with Gasteiger partial charge in [0, 0.05) is 41.3 Å². The van der Waals surface area contributed by atoms with E-state index in [-0.39, 0.29) is 41.3 Å². The topological polar surface area (TPSA) is 121 Å². The summed E-state index contributed by atoms with van der Waals surface area (Å²) in [5.74, 6) is 0. The number of unbranched alkanes of at least 4 members (excludes halogenated alkanes) is 10. The predicted octanol–water partition coefficient (Wildman–Crippen LogP) is 4.74. The van der Waals surface area contributed by atoms with Crippen LogP contribution in [0, 0.1) is 55.1 Å². The van der Waals surface area contributed by atoms with Crippen LogP contribution in [0.1, 0.15) is 90.9 Å². The van der Waals surface area contributed by atoms with E-state index in [1.165, 1.54) is 64.2 Å². The summed E-state index contributed by atoms with van der Waals surface area (Å²) in [6.45, 7) is 4.44. The molecule has 0 aliphatic rings. The zero-order valence-electron chi connectivity index (χ0n) is 16.9. The van der Waals surface area contributed by atoms with Gasteiger partial charge in [-0.15, -0.1) is 0 Å². The Morgan fingerprint density at radius 3 is 0.889 bits per heavy atom. The van der Waals surface area contributed by atoms with Crippen LogP contribution in [-0.2, 0) is 23.6 Å². The van der Waals surface area contributed by atoms with E-state index < -0.39 is 13.4 Å². The second-order valence-electron chi connectivity index (χ2n) is 5.56.